The van der Waals surface area contributed by atoms with Gasteiger partial charge < -0.3 is 9.30 Å². The second-order valence-electron chi connectivity index (χ2n) is 4.96. The van der Waals surface area contributed by atoms with Crippen LogP contribution in [0, 0.1) is 5.92 Å². The van der Waals surface area contributed by atoms with Crippen molar-refractivity contribution >= 4 is 7.14 Å². The third-order valence-corrected chi connectivity index (χ3v) is 5.00. The van der Waals surface area contributed by atoms with Gasteiger partial charge in [-0.3, -0.25) is 0 Å². The SMILES string of the molecule is CCC(C)C[P@@](C)(=O)COCc1ccccc1. The topological polar surface area (TPSA) is 26.3 Å². The molecule has 1 unspecified atom stereocenters. The van der Waals surface area contributed by atoms with Gasteiger partial charge in [-0.05, 0) is 18.1 Å². The molecule has 1 rings (SSSR count). The van der Waals surface area contributed by atoms with E-state index in [1.807, 2.05) is 37.0 Å². The van der Waals surface area contributed by atoms with Gasteiger partial charge in [0.1, 0.15) is 7.14 Å². The van der Waals surface area contributed by atoms with E-state index in [2.05, 4.69) is 13.8 Å². The van der Waals surface area contributed by atoms with E-state index in [0.29, 0.717) is 18.9 Å². The van der Waals surface area contributed by atoms with E-state index in [0.717, 1.165) is 18.1 Å². The first kappa shape index (κ1) is 14.5. The molecule has 0 spiro atoms. The quantitative estimate of drug-likeness (QED) is 0.682. The summed E-state index contributed by atoms with van der Waals surface area (Å²) in [5, 5.41) is 0. The molecule has 1 aromatic carbocycles. The zero-order valence-corrected chi connectivity index (χ0v) is 12.0. The summed E-state index contributed by atoms with van der Waals surface area (Å²) in [5.74, 6) is 0.520. The van der Waals surface area contributed by atoms with Gasteiger partial charge in [-0.1, -0.05) is 50.6 Å². The fraction of sp³-hybridized carbons (Fsp3) is 0.571. The van der Waals surface area contributed by atoms with E-state index in [9.17, 15) is 4.57 Å². The van der Waals surface area contributed by atoms with Gasteiger partial charge in [-0.25, -0.2) is 0 Å². The number of ether oxygens (including phenoxy) is 1. The van der Waals surface area contributed by atoms with Crippen LogP contribution >= 0.6 is 7.14 Å². The van der Waals surface area contributed by atoms with Crippen LogP contribution < -0.4 is 0 Å². The second kappa shape index (κ2) is 6.98. The second-order valence-corrected chi connectivity index (χ2v) is 8.17. The van der Waals surface area contributed by atoms with E-state index < -0.39 is 7.14 Å². The monoisotopic (exact) mass is 254 g/mol. The molecular weight excluding hydrogens is 231 g/mol. The molecule has 2 nitrogen and oxygen atoms in total. The molecule has 0 aromatic heterocycles. The van der Waals surface area contributed by atoms with Gasteiger partial charge in [0.25, 0.3) is 0 Å². The van der Waals surface area contributed by atoms with Gasteiger partial charge >= 0.3 is 0 Å². The maximum atomic E-state index is 12.2. The van der Waals surface area contributed by atoms with Crippen LogP contribution in [-0.4, -0.2) is 19.2 Å². The van der Waals surface area contributed by atoms with Crippen LogP contribution in [0.15, 0.2) is 30.3 Å². The summed E-state index contributed by atoms with van der Waals surface area (Å²) >= 11 is 0. The van der Waals surface area contributed by atoms with Crippen molar-refractivity contribution in [2.75, 3.05) is 19.2 Å². The van der Waals surface area contributed by atoms with Crippen LogP contribution in [0.3, 0.4) is 0 Å². The highest BCUT2D eigenvalue weighted by Crippen LogP contribution is 2.43. The predicted octanol–water partition coefficient (Wildman–Crippen LogP) is 4.20. The molecule has 96 valence electrons. The van der Waals surface area contributed by atoms with E-state index >= 15 is 0 Å². The third kappa shape index (κ3) is 6.05. The van der Waals surface area contributed by atoms with Gasteiger partial charge in [0, 0.05) is 6.16 Å². The molecule has 0 aliphatic rings. The van der Waals surface area contributed by atoms with Crippen LogP contribution in [0.1, 0.15) is 25.8 Å². The Morgan fingerprint density at radius 2 is 1.94 bits per heavy atom. The predicted molar refractivity (Wildman–Crippen MR) is 74.0 cm³/mol. The van der Waals surface area contributed by atoms with E-state index in [4.69, 9.17) is 4.74 Å². The van der Waals surface area contributed by atoms with E-state index in [1.165, 1.54) is 0 Å². The lowest BCUT2D eigenvalue weighted by atomic mass is 10.2. The number of hydrogen-bond donors (Lipinski definition) is 0. The number of hydrogen-bond acceptors (Lipinski definition) is 2. The molecule has 17 heavy (non-hydrogen) atoms. The summed E-state index contributed by atoms with van der Waals surface area (Å²) in [6.07, 6.45) is 2.26. The van der Waals surface area contributed by atoms with E-state index in [-0.39, 0.29) is 0 Å². The van der Waals surface area contributed by atoms with Crippen LogP contribution in [-0.2, 0) is 15.9 Å². The Hall–Kier alpha value is -0.590. The fourth-order valence-electron chi connectivity index (χ4n) is 1.77. The zero-order valence-electron chi connectivity index (χ0n) is 11.1. The Kier molecular flexibility index (Phi) is 5.94. The molecule has 0 saturated carbocycles. The molecule has 3 heteroatoms. The van der Waals surface area contributed by atoms with Crippen molar-refractivity contribution in [1.82, 2.24) is 0 Å². The molecule has 0 fully saturated rings. The molecule has 0 amide bonds. The molecule has 2 atom stereocenters. The largest absolute Gasteiger partial charge is 0.369 e. The Balaban J connectivity index is 2.33. The van der Waals surface area contributed by atoms with Crippen LogP contribution in [0.25, 0.3) is 0 Å². The molecule has 1 aromatic rings. The molecular formula is C14H23O2P. The minimum atomic E-state index is -2.12. The standard InChI is InChI=1S/C14H23O2P/c1-4-13(2)11-17(3,15)12-16-10-14-8-6-5-7-9-14/h5-9,13H,4,10-12H2,1-3H3/t13?,17-/m1/s1. The van der Waals surface area contributed by atoms with Gasteiger partial charge in [0.2, 0.25) is 0 Å². The van der Waals surface area contributed by atoms with Gasteiger partial charge in [-0.2, -0.15) is 0 Å². The van der Waals surface area contributed by atoms with Crippen molar-refractivity contribution in [3.05, 3.63) is 35.9 Å². The van der Waals surface area contributed by atoms with Crippen molar-refractivity contribution in [2.45, 2.75) is 26.9 Å². The number of benzene rings is 1. The van der Waals surface area contributed by atoms with E-state index in [1.54, 1.807) is 0 Å². The maximum Gasteiger partial charge on any atom is 0.109 e. The summed E-state index contributed by atoms with van der Waals surface area (Å²) in [5.41, 5.74) is 1.14. The highest BCUT2D eigenvalue weighted by Gasteiger charge is 2.18. The van der Waals surface area contributed by atoms with Gasteiger partial charge in [-0.15, -0.1) is 0 Å². The lowest BCUT2D eigenvalue weighted by Crippen LogP contribution is -2.05. The highest BCUT2D eigenvalue weighted by molar-refractivity contribution is 7.62. The Labute approximate surface area is 105 Å². The fourth-order valence-corrected chi connectivity index (χ4v) is 3.93. The summed E-state index contributed by atoms with van der Waals surface area (Å²) in [6, 6.07) is 10.0. The van der Waals surface area contributed by atoms with Gasteiger partial charge in [0.05, 0.1) is 13.0 Å². The third-order valence-electron chi connectivity index (χ3n) is 2.87. The van der Waals surface area contributed by atoms with Gasteiger partial charge in [0.15, 0.2) is 0 Å². The zero-order chi connectivity index (χ0) is 12.7. The Morgan fingerprint density at radius 1 is 1.29 bits per heavy atom. The summed E-state index contributed by atoms with van der Waals surface area (Å²) in [4.78, 5) is 0. The first-order valence-corrected chi connectivity index (χ1v) is 8.73. The minimum Gasteiger partial charge on any atom is -0.369 e. The first-order valence-electron chi connectivity index (χ1n) is 6.20. The normalized spacial score (nSPS) is 16.4. The van der Waals surface area contributed by atoms with Crippen LogP contribution in [0.2, 0.25) is 0 Å². The minimum absolute atomic E-state index is 0.395. The first-order chi connectivity index (χ1) is 8.03. The average molecular weight is 254 g/mol. The molecule has 0 radical (unpaired) electrons. The lowest BCUT2D eigenvalue weighted by Gasteiger charge is -2.17. The smallest absolute Gasteiger partial charge is 0.109 e. The molecule has 0 heterocycles. The lowest BCUT2D eigenvalue weighted by molar-refractivity contribution is 0.162. The van der Waals surface area contributed by atoms with Crippen molar-refractivity contribution in [2.24, 2.45) is 5.92 Å². The molecule has 0 bridgehead atoms. The molecule has 0 aliphatic carbocycles. The van der Waals surface area contributed by atoms with Crippen LogP contribution in [0.5, 0.6) is 0 Å². The number of rotatable bonds is 7. The summed E-state index contributed by atoms with van der Waals surface area (Å²) in [6.45, 7) is 6.69. The van der Waals surface area contributed by atoms with Crippen molar-refractivity contribution in [1.29, 1.82) is 0 Å². The van der Waals surface area contributed by atoms with Crippen molar-refractivity contribution in [3.8, 4) is 0 Å². The Bertz CT molecular complexity index is 362. The Morgan fingerprint density at radius 3 is 2.53 bits per heavy atom. The average Bonchev–Trinajstić information content (AvgIpc) is 2.29. The maximum absolute atomic E-state index is 12.2. The molecule has 0 N–H and O–H groups in total. The summed E-state index contributed by atoms with van der Waals surface area (Å²) in [7, 11) is -2.12. The molecule has 0 aliphatic heterocycles. The van der Waals surface area contributed by atoms with Crippen LogP contribution in [0.4, 0.5) is 0 Å². The van der Waals surface area contributed by atoms with Crippen molar-refractivity contribution in [3.63, 3.8) is 0 Å². The van der Waals surface area contributed by atoms with Crippen molar-refractivity contribution < 1.29 is 9.30 Å². The molecule has 0 saturated heterocycles. The highest BCUT2D eigenvalue weighted by atomic mass is 31.2. The summed E-state index contributed by atoms with van der Waals surface area (Å²) < 4.78 is 17.8.